The molecule has 0 bridgehead atoms. The van der Waals surface area contributed by atoms with Crippen LogP contribution in [0.2, 0.25) is 0 Å². The highest BCUT2D eigenvalue weighted by Gasteiger charge is 2.39. The molecule has 3 N–H and O–H groups in total. The molecule has 1 aromatic rings. The third-order valence-corrected chi connectivity index (χ3v) is 5.31. The Labute approximate surface area is 147 Å². The maximum atomic E-state index is 11.1. The summed E-state index contributed by atoms with van der Waals surface area (Å²) in [5.74, 6) is 0.165. The van der Waals surface area contributed by atoms with E-state index in [0.29, 0.717) is 24.0 Å². The summed E-state index contributed by atoms with van der Waals surface area (Å²) in [6.45, 7) is 3.97. The molecule has 0 saturated carbocycles. The third kappa shape index (κ3) is 2.73. The Bertz CT molecular complexity index is 732. The summed E-state index contributed by atoms with van der Waals surface area (Å²) in [5, 5.41) is 29.7. The molecule has 1 aromatic carbocycles. The SMILES string of the molecule is CC1(c2cccc(C3(C)N=CC=C3CCO)c2O)N=CC=C1CCO. The standard InChI is InChI=1S/C20H24N2O3/c1-19(14(8-12-23)6-10-21-19)16-4-3-5-17(18(16)25)20(2)15(9-13-24)7-11-22-20/h3-7,10-11,23-25H,8-9,12-13H2,1-2H3. The van der Waals surface area contributed by atoms with Crippen LogP contribution < -0.4 is 0 Å². The van der Waals surface area contributed by atoms with E-state index in [-0.39, 0.29) is 19.0 Å². The van der Waals surface area contributed by atoms with Crippen molar-refractivity contribution in [2.75, 3.05) is 13.2 Å². The number of benzene rings is 1. The average molecular weight is 340 g/mol. The molecule has 2 aliphatic rings. The summed E-state index contributed by atoms with van der Waals surface area (Å²) in [6, 6.07) is 5.63. The summed E-state index contributed by atoms with van der Waals surface area (Å²) in [5.41, 5.74) is 1.95. The number of phenols is 1. The van der Waals surface area contributed by atoms with Crippen molar-refractivity contribution in [2.45, 2.75) is 37.8 Å². The topological polar surface area (TPSA) is 85.4 Å². The van der Waals surface area contributed by atoms with Gasteiger partial charge in [-0.2, -0.15) is 0 Å². The van der Waals surface area contributed by atoms with Gasteiger partial charge in [0.2, 0.25) is 0 Å². The Balaban J connectivity index is 2.08. The summed E-state index contributed by atoms with van der Waals surface area (Å²) < 4.78 is 0. The monoisotopic (exact) mass is 340 g/mol. The van der Waals surface area contributed by atoms with Crippen LogP contribution in [-0.4, -0.2) is 41.0 Å². The summed E-state index contributed by atoms with van der Waals surface area (Å²) in [4.78, 5) is 9.13. The molecular weight excluding hydrogens is 316 g/mol. The number of hydrogen-bond donors (Lipinski definition) is 3. The first-order valence-corrected chi connectivity index (χ1v) is 8.51. The number of hydrogen-bond acceptors (Lipinski definition) is 5. The van der Waals surface area contributed by atoms with Crippen LogP contribution >= 0.6 is 0 Å². The van der Waals surface area contributed by atoms with Gasteiger partial charge in [0.05, 0.1) is 0 Å². The first kappa shape index (κ1) is 17.6. The Morgan fingerprint density at radius 1 is 0.840 bits per heavy atom. The highest BCUT2D eigenvalue weighted by Crippen LogP contribution is 2.48. The molecule has 0 radical (unpaired) electrons. The number of aliphatic imine (C=N–C) groups is 2. The fourth-order valence-corrected chi connectivity index (χ4v) is 3.75. The van der Waals surface area contributed by atoms with E-state index in [1.807, 2.05) is 44.2 Å². The van der Waals surface area contributed by atoms with Gasteiger partial charge in [-0.15, -0.1) is 0 Å². The number of para-hydroxylation sites is 1. The first-order valence-electron chi connectivity index (χ1n) is 8.51. The highest BCUT2D eigenvalue weighted by molar-refractivity contribution is 5.80. The van der Waals surface area contributed by atoms with Gasteiger partial charge in [0, 0.05) is 36.8 Å². The number of phenolic OH excluding ortho intramolecular Hbond substituents is 1. The second-order valence-electron chi connectivity index (χ2n) is 6.73. The van der Waals surface area contributed by atoms with Crippen LogP contribution in [-0.2, 0) is 11.1 Å². The van der Waals surface area contributed by atoms with E-state index in [4.69, 9.17) is 0 Å². The fourth-order valence-electron chi connectivity index (χ4n) is 3.75. The van der Waals surface area contributed by atoms with Crippen molar-refractivity contribution < 1.29 is 15.3 Å². The van der Waals surface area contributed by atoms with Gasteiger partial charge in [-0.3, -0.25) is 9.98 Å². The molecule has 3 rings (SSSR count). The number of aliphatic hydroxyl groups is 2. The molecule has 0 saturated heterocycles. The van der Waals surface area contributed by atoms with E-state index >= 15 is 0 Å². The van der Waals surface area contributed by atoms with Crippen LogP contribution in [0.5, 0.6) is 5.75 Å². The number of rotatable bonds is 6. The molecule has 25 heavy (non-hydrogen) atoms. The maximum Gasteiger partial charge on any atom is 0.127 e. The molecule has 0 spiro atoms. The molecular formula is C20H24N2O3. The molecule has 5 nitrogen and oxygen atoms in total. The Morgan fingerprint density at radius 2 is 1.28 bits per heavy atom. The van der Waals surface area contributed by atoms with Gasteiger partial charge in [0.1, 0.15) is 16.8 Å². The molecule has 0 aliphatic carbocycles. The summed E-state index contributed by atoms with van der Waals surface area (Å²) in [7, 11) is 0. The molecule has 132 valence electrons. The number of nitrogens with zero attached hydrogens (tertiary/aromatic N) is 2. The van der Waals surface area contributed by atoms with Crippen molar-refractivity contribution in [3.05, 3.63) is 52.6 Å². The summed E-state index contributed by atoms with van der Waals surface area (Å²) >= 11 is 0. The lowest BCUT2D eigenvalue weighted by molar-refractivity contribution is 0.291. The van der Waals surface area contributed by atoms with E-state index in [0.717, 1.165) is 11.1 Å². The molecule has 2 aliphatic heterocycles. The summed E-state index contributed by atoms with van der Waals surface area (Å²) in [6.07, 6.45) is 8.26. The Morgan fingerprint density at radius 3 is 1.68 bits per heavy atom. The molecule has 2 heterocycles. The zero-order valence-electron chi connectivity index (χ0n) is 14.6. The van der Waals surface area contributed by atoms with Crippen LogP contribution in [0.25, 0.3) is 0 Å². The lowest BCUT2D eigenvalue weighted by atomic mass is 9.78. The van der Waals surface area contributed by atoms with Crippen LogP contribution in [0.4, 0.5) is 0 Å². The van der Waals surface area contributed by atoms with Crippen LogP contribution in [0.3, 0.4) is 0 Å². The van der Waals surface area contributed by atoms with Crippen molar-refractivity contribution in [3.8, 4) is 5.75 Å². The van der Waals surface area contributed by atoms with Gasteiger partial charge in [0.15, 0.2) is 0 Å². The average Bonchev–Trinajstić information content (AvgIpc) is 3.14. The van der Waals surface area contributed by atoms with E-state index in [1.165, 1.54) is 0 Å². The van der Waals surface area contributed by atoms with Crippen molar-refractivity contribution >= 4 is 12.4 Å². The Kier molecular flexibility index (Phi) is 4.62. The lowest BCUT2D eigenvalue weighted by Crippen LogP contribution is -2.25. The van der Waals surface area contributed by atoms with E-state index in [9.17, 15) is 15.3 Å². The van der Waals surface area contributed by atoms with Crippen LogP contribution in [0.15, 0.2) is 51.5 Å². The molecule has 2 atom stereocenters. The molecule has 2 unspecified atom stereocenters. The molecule has 0 fully saturated rings. The van der Waals surface area contributed by atoms with E-state index in [1.54, 1.807) is 12.4 Å². The van der Waals surface area contributed by atoms with Crippen molar-refractivity contribution in [1.29, 1.82) is 0 Å². The molecule has 5 heteroatoms. The van der Waals surface area contributed by atoms with Gasteiger partial charge in [-0.1, -0.05) is 18.2 Å². The molecule has 0 amide bonds. The smallest absolute Gasteiger partial charge is 0.127 e. The second kappa shape index (κ2) is 6.58. The van der Waals surface area contributed by atoms with Gasteiger partial charge in [-0.05, 0) is 50.0 Å². The first-order chi connectivity index (χ1) is 12.0. The van der Waals surface area contributed by atoms with Crippen LogP contribution in [0, 0.1) is 0 Å². The van der Waals surface area contributed by atoms with Gasteiger partial charge < -0.3 is 15.3 Å². The lowest BCUT2D eigenvalue weighted by Gasteiger charge is -2.31. The normalized spacial score (nSPS) is 27.7. The van der Waals surface area contributed by atoms with Crippen molar-refractivity contribution in [3.63, 3.8) is 0 Å². The minimum Gasteiger partial charge on any atom is -0.507 e. The van der Waals surface area contributed by atoms with Gasteiger partial charge in [-0.25, -0.2) is 0 Å². The van der Waals surface area contributed by atoms with E-state index in [2.05, 4.69) is 9.98 Å². The zero-order valence-corrected chi connectivity index (χ0v) is 14.6. The van der Waals surface area contributed by atoms with Crippen molar-refractivity contribution in [1.82, 2.24) is 0 Å². The van der Waals surface area contributed by atoms with Gasteiger partial charge in [0.25, 0.3) is 0 Å². The van der Waals surface area contributed by atoms with Crippen molar-refractivity contribution in [2.24, 2.45) is 9.98 Å². The minimum absolute atomic E-state index is 0.0383. The molecule has 0 aromatic heterocycles. The predicted octanol–water partition coefficient (Wildman–Crippen LogP) is 2.61. The Hall–Kier alpha value is -2.24. The number of aromatic hydroxyl groups is 1. The predicted molar refractivity (Wildman–Crippen MR) is 99.4 cm³/mol. The number of aliphatic hydroxyl groups excluding tert-OH is 2. The number of allylic oxidation sites excluding steroid dienone is 2. The second-order valence-corrected chi connectivity index (χ2v) is 6.73. The highest BCUT2D eigenvalue weighted by atomic mass is 16.3. The zero-order chi connectivity index (χ0) is 18.1. The largest absolute Gasteiger partial charge is 0.507 e. The van der Waals surface area contributed by atoms with Crippen LogP contribution in [0.1, 0.15) is 37.8 Å². The quantitative estimate of drug-likeness (QED) is 0.744. The fraction of sp³-hybridized carbons (Fsp3) is 0.400. The van der Waals surface area contributed by atoms with E-state index < -0.39 is 11.1 Å². The third-order valence-electron chi connectivity index (χ3n) is 5.31. The maximum absolute atomic E-state index is 11.1. The van der Waals surface area contributed by atoms with Gasteiger partial charge >= 0.3 is 0 Å². The minimum atomic E-state index is -0.692.